The highest BCUT2D eigenvalue weighted by Crippen LogP contribution is 2.36. The molecular weight excluding hydrogens is 194 g/mol. The van der Waals surface area contributed by atoms with Crippen LogP contribution >= 0.6 is 0 Å². The van der Waals surface area contributed by atoms with Crippen LogP contribution in [0.5, 0.6) is 0 Å². The van der Waals surface area contributed by atoms with Gasteiger partial charge in [0.05, 0.1) is 0 Å². The van der Waals surface area contributed by atoms with Gasteiger partial charge in [0.1, 0.15) is 0 Å². The van der Waals surface area contributed by atoms with Gasteiger partial charge in [-0.1, -0.05) is 32.4 Å². The van der Waals surface area contributed by atoms with Crippen molar-refractivity contribution < 1.29 is 0 Å². The lowest BCUT2D eigenvalue weighted by Gasteiger charge is -2.34. The predicted octanol–water partition coefficient (Wildman–Crippen LogP) is 3.90. The quantitative estimate of drug-likeness (QED) is 0.710. The molecule has 2 aliphatic rings. The number of hydrogen-bond acceptors (Lipinski definition) is 1. The Morgan fingerprint density at radius 1 is 1.31 bits per heavy atom. The van der Waals surface area contributed by atoms with Crippen LogP contribution in [0.3, 0.4) is 0 Å². The molecule has 0 aliphatic heterocycles. The first-order chi connectivity index (χ1) is 7.57. The van der Waals surface area contributed by atoms with Crippen LogP contribution in [-0.2, 0) is 0 Å². The van der Waals surface area contributed by atoms with Gasteiger partial charge in [-0.3, -0.25) is 0 Å². The maximum absolute atomic E-state index is 3.72. The Morgan fingerprint density at radius 3 is 2.56 bits per heavy atom. The van der Waals surface area contributed by atoms with Gasteiger partial charge < -0.3 is 5.32 Å². The molecule has 1 N–H and O–H groups in total. The summed E-state index contributed by atoms with van der Waals surface area (Å²) in [5.41, 5.74) is 2.14. The molecule has 1 nitrogen and oxygen atoms in total. The maximum atomic E-state index is 3.72. The van der Waals surface area contributed by atoms with Gasteiger partial charge >= 0.3 is 0 Å². The molecule has 2 aliphatic carbocycles. The maximum Gasteiger partial charge on any atom is 0.00684 e. The summed E-state index contributed by atoms with van der Waals surface area (Å²) < 4.78 is 0. The van der Waals surface area contributed by atoms with Crippen molar-refractivity contribution in [2.45, 2.75) is 65.3 Å². The molecule has 0 radical (unpaired) electrons. The van der Waals surface area contributed by atoms with E-state index in [1.165, 1.54) is 45.1 Å². The molecule has 0 saturated heterocycles. The largest absolute Gasteiger partial charge is 0.313 e. The van der Waals surface area contributed by atoms with Gasteiger partial charge in [-0.15, -0.1) is 0 Å². The highest BCUT2D eigenvalue weighted by Gasteiger charge is 2.30. The van der Waals surface area contributed by atoms with Gasteiger partial charge in [-0.25, -0.2) is 0 Å². The molecule has 0 heterocycles. The number of allylic oxidation sites excluding steroid dienone is 1. The Morgan fingerprint density at radius 2 is 2.06 bits per heavy atom. The van der Waals surface area contributed by atoms with E-state index in [1.54, 1.807) is 5.57 Å². The second-order valence-corrected chi connectivity index (χ2v) is 6.63. The van der Waals surface area contributed by atoms with Crippen LogP contribution < -0.4 is 5.32 Å². The van der Waals surface area contributed by atoms with Crippen molar-refractivity contribution in [1.29, 1.82) is 0 Å². The van der Waals surface area contributed by atoms with E-state index in [1.807, 2.05) is 0 Å². The van der Waals surface area contributed by atoms with Gasteiger partial charge in [0.25, 0.3) is 0 Å². The van der Waals surface area contributed by atoms with Crippen LogP contribution in [0.1, 0.15) is 59.3 Å². The van der Waals surface area contributed by atoms with E-state index in [4.69, 9.17) is 0 Å². The van der Waals surface area contributed by atoms with E-state index in [0.29, 0.717) is 5.41 Å². The molecule has 0 aromatic heterocycles. The molecule has 1 heteroatoms. The smallest absolute Gasteiger partial charge is 0.00684 e. The molecule has 16 heavy (non-hydrogen) atoms. The lowest BCUT2D eigenvalue weighted by molar-refractivity contribution is 0.260. The summed E-state index contributed by atoms with van der Waals surface area (Å²) in [4.78, 5) is 0. The molecule has 0 bridgehead atoms. The fourth-order valence-electron chi connectivity index (χ4n) is 2.74. The minimum absolute atomic E-state index is 0.408. The van der Waals surface area contributed by atoms with Crippen molar-refractivity contribution in [3.05, 3.63) is 11.6 Å². The highest BCUT2D eigenvalue weighted by atomic mass is 14.9. The topological polar surface area (TPSA) is 12.0 Å². The summed E-state index contributed by atoms with van der Waals surface area (Å²) in [6.45, 7) is 8.37. The molecule has 1 atom stereocenters. The first-order valence-corrected chi connectivity index (χ1v) is 6.99. The van der Waals surface area contributed by atoms with Crippen LogP contribution in [0.4, 0.5) is 0 Å². The normalized spacial score (nSPS) is 24.1. The zero-order valence-corrected chi connectivity index (χ0v) is 11.2. The minimum atomic E-state index is 0.408. The Hall–Kier alpha value is -0.300. The average Bonchev–Trinajstić information content (AvgIpc) is 3.01. The highest BCUT2D eigenvalue weighted by molar-refractivity contribution is 5.13. The number of hydrogen-bond donors (Lipinski definition) is 1. The zero-order valence-electron chi connectivity index (χ0n) is 11.2. The molecule has 0 aromatic rings. The first-order valence-electron chi connectivity index (χ1n) is 6.99. The Bertz CT molecular complexity index is 255. The Kier molecular flexibility index (Phi) is 3.73. The van der Waals surface area contributed by atoms with Gasteiger partial charge in [-0.05, 0) is 49.9 Å². The predicted molar refractivity (Wildman–Crippen MR) is 70.5 cm³/mol. The number of rotatable bonds is 4. The van der Waals surface area contributed by atoms with Crippen LogP contribution in [0.2, 0.25) is 0 Å². The van der Waals surface area contributed by atoms with Crippen molar-refractivity contribution in [1.82, 2.24) is 5.32 Å². The van der Waals surface area contributed by atoms with E-state index in [0.717, 1.165) is 12.0 Å². The van der Waals surface area contributed by atoms with Crippen molar-refractivity contribution >= 4 is 0 Å². The van der Waals surface area contributed by atoms with Crippen molar-refractivity contribution in [2.75, 3.05) is 6.54 Å². The lowest BCUT2D eigenvalue weighted by atomic mass is 9.73. The second-order valence-electron chi connectivity index (χ2n) is 6.63. The van der Waals surface area contributed by atoms with E-state index in [-0.39, 0.29) is 0 Å². The third-order valence-corrected chi connectivity index (χ3v) is 4.01. The zero-order chi connectivity index (χ0) is 11.6. The van der Waals surface area contributed by atoms with Gasteiger partial charge in [0.15, 0.2) is 0 Å². The van der Waals surface area contributed by atoms with E-state index in [2.05, 4.69) is 32.2 Å². The Balaban J connectivity index is 1.97. The third-order valence-electron chi connectivity index (χ3n) is 4.01. The second kappa shape index (κ2) is 4.91. The first kappa shape index (κ1) is 12.2. The standard InChI is InChI=1S/C15H27N/c1-15(2,3)14(11-16-13-9-10-13)12-7-5-4-6-8-12/h7,13-14,16H,4-6,8-11H2,1-3H3. The van der Waals surface area contributed by atoms with Gasteiger partial charge in [-0.2, -0.15) is 0 Å². The van der Waals surface area contributed by atoms with Crippen molar-refractivity contribution in [2.24, 2.45) is 11.3 Å². The van der Waals surface area contributed by atoms with Crippen LogP contribution in [0, 0.1) is 11.3 Å². The number of nitrogens with one attached hydrogen (secondary N) is 1. The molecule has 1 fully saturated rings. The Labute approximate surface area is 101 Å². The summed E-state index contributed by atoms with van der Waals surface area (Å²) in [6, 6.07) is 0.842. The summed E-state index contributed by atoms with van der Waals surface area (Å²) >= 11 is 0. The van der Waals surface area contributed by atoms with Gasteiger partial charge in [0.2, 0.25) is 0 Å². The molecule has 1 unspecified atom stereocenters. The monoisotopic (exact) mass is 221 g/mol. The van der Waals surface area contributed by atoms with E-state index in [9.17, 15) is 0 Å². The summed E-state index contributed by atoms with van der Waals surface area (Å²) in [5, 5.41) is 3.72. The van der Waals surface area contributed by atoms with Crippen LogP contribution in [0.25, 0.3) is 0 Å². The molecule has 92 valence electrons. The minimum Gasteiger partial charge on any atom is -0.313 e. The third kappa shape index (κ3) is 3.35. The molecular formula is C15H27N. The molecule has 2 rings (SSSR count). The molecule has 0 amide bonds. The van der Waals surface area contributed by atoms with Crippen LogP contribution in [-0.4, -0.2) is 12.6 Å². The molecule has 0 spiro atoms. The lowest BCUT2D eigenvalue weighted by Crippen LogP contribution is -2.34. The van der Waals surface area contributed by atoms with E-state index < -0.39 is 0 Å². The van der Waals surface area contributed by atoms with Crippen molar-refractivity contribution in [3.8, 4) is 0 Å². The SMILES string of the molecule is CC(C)(C)C(CNC1CC1)C1=CCCCC1. The fraction of sp³-hybridized carbons (Fsp3) is 0.867. The summed E-state index contributed by atoms with van der Waals surface area (Å²) in [6.07, 6.45) is 10.8. The summed E-state index contributed by atoms with van der Waals surface area (Å²) in [5.74, 6) is 0.744. The summed E-state index contributed by atoms with van der Waals surface area (Å²) in [7, 11) is 0. The van der Waals surface area contributed by atoms with Crippen LogP contribution in [0.15, 0.2) is 11.6 Å². The molecule has 0 aromatic carbocycles. The molecule has 1 saturated carbocycles. The average molecular weight is 221 g/mol. The fourth-order valence-corrected chi connectivity index (χ4v) is 2.74. The van der Waals surface area contributed by atoms with Gasteiger partial charge in [0, 0.05) is 12.6 Å². The van der Waals surface area contributed by atoms with Crippen molar-refractivity contribution in [3.63, 3.8) is 0 Å². The van der Waals surface area contributed by atoms with E-state index >= 15 is 0 Å².